The molecule has 214 valence electrons. The molecule has 0 saturated heterocycles. The Hall–Kier alpha value is -3.61. The van der Waals surface area contributed by atoms with Crippen LogP contribution in [-0.4, -0.2) is 51.5 Å². The molecule has 41 heavy (non-hydrogen) atoms. The molecule has 0 aliphatic heterocycles. The van der Waals surface area contributed by atoms with E-state index in [2.05, 4.69) is 15.2 Å². The topological polar surface area (TPSA) is 132 Å². The molecular weight excluding hydrogens is 601 g/mol. The van der Waals surface area contributed by atoms with E-state index >= 15 is 4.39 Å². The van der Waals surface area contributed by atoms with Gasteiger partial charge in [-0.05, 0) is 29.8 Å². The number of carbonyl (C=O) groups excluding carboxylic acids is 1. The molecule has 3 rings (SSSR count). The average Bonchev–Trinajstić information content (AvgIpc) is 2.92. The van der Waals surface area contributed by atoms with Crippen molar-refractivity contribution >= 4 is 42.7 Å². The van der Waals surface area contributed by atoms with Crippen LogP contribution in [0.1, 0.15) is 22.8 Å². The number of halogens is 4. The van der Waals surface area contributed by atoms with E-state index in [1.54, 1.807) is 7.05 Å². The number of ether oxygens (including phenoxy) is 1. The number of H-pyrrole nitrogens is 1. The van der Waals surface area contributed by atoms with Crippen molar-refractivity contribution in [1.82, 2.24) is 15.1 Å². The molecule has 1 heterocycles. The standard InChI is InChI=1S/C26H23ClF3N5O4P2/c1-35(11-17-8-20(33-34-25(17)38)15-2-4-16(5-3-15)22(37)24(28)29)13-32-23(26(30,40)41)21(12-36)39-19-7-14(10-31)6-18(27)9-19/h2-9,12-13,22,24,37H,11,40-41H2,1H3,(H,34,38)/b23-21+,32-13?. The van der Waals surface area contributed by atoms with Crippen LogP contribution in [0.3, 0.4) is 0 Å². The highest BCUT2D eigenvalue weighted by molar-refractivity contribution is 7.40. The lowest BCUT2D eigenvalue weighted by Crippen LogP contribution is -2.24. The van der Waals surface area contributed by atoms with Crippen molar-refractivity contribution in [2.45, 2.75) is 24.2 Å². The Bertz CT molecular complexity index is 1570. The summed E-state index contributed by atoms with van der Waals surface area (Å²) in [6, 6.07) is 13.0. The molecule has 0 bridgehead atoms. The van der Waals surface area contributed by atoms with Crippen LogP contribution in [-0.2, 0) is 11.3 Å². The molecule has 1 aromatic heterocycles. The Kier molecular flexibility index (Phi) is 10.8. The first kappa shape index (κ1) is 31.9. The number of aliphatic hydroxyl groups excluding tert-OH is 1. The Balaban J connectivity index is 1.85. The number of benzene rings is 2. The molecule has 2 N–H and O–H groups in total. The van der Waals surface area contributed by atoms with Crippen molar-refractivity contribution in [3.05, 3.63) is 92.1 Å². The van der Waals surface area contributed by atoms with E-state index in [-0.39, 0.29) is 40.3 Å². The minimum Gasteiger partial charge on any atom is -0.452 e. The Morgan fingerprint density at radius 3 is 2.56 bits per heavy atom. The number of nitriles is 1. The third kappa shape index (κ3) is 8.69. The molecular formula is C26H23ClF3N5O4P2. The average molecular weight is 624 g/mol. The molecule has 0 saturated carbocycles. The van der Waals surface area contributed by atoms with Crippen molar-refractivity contribution in [2.75, 3.05) is 7.05 Å². The second-order valence-electron chi connectivity index (χ2n) is 8.66. The van der Waals surface area contributed by atoms with Gasteiger partial charge in [-0.1, -0.05) is 54.3 Å². The minimum absolute atomic E-state index is 0.0176. The fourth-order valence-electron chi connectivity index (χ4n) is 3.47. The molecule has 0 radical (unpaired) electrons. The van der Waals surface area contributed by atoms with Crippen molar-refractivity contribution in [3.8, 4) is 23.1 Å². The molecule has 3 unspecified atom stereocenters. The van der Waals surface area contributed by atoms with Crippen LogP contribution in [0.15, 0.2) is 69.8 Å². The molecule has 0 aliphatic rings. The number of alkyl halides is 3. The van der Waals surface area contributed by atoms with Gasteiger partial charge in [0.15, 0.2) is 17.2 Å². The molecule has 0 spiro atoms. The maximum absolute atomic E-state index is 15.0. The maximum Gasteiger partial charge on any atom is 0.269 e. The van der Waals surface area contributed by atoms with Gasteiger partial charge in [0.2, 0.25) is 0 Å². The van der Waals surface area contributed by atoms with E-state index in [9.17, 15) is 23.5 Å². The van der Waals surface area contributed by atoms with Crippen molar-refractivity contribution in [2.24, 2.45) is 4.99 Å². The lowest BCUT2D eigenvalue weighted by molar-refractivity contribution is -0.106. The highest BCUT2D eigenvalue weighted by atomic mass is 35.5. The fraction of sp³-hybridized carbons (Fsp3) is 0.192. The van der Waals surface area contributed by atoms with Crippen LogP contribution in [0, 0.1) is 11.3 Å². The van der Waals surface area contributed by atoms with Gasteiger partial charge in [0, 0.05) is 29.7 Å². The minimum atomic E-state index is -2.94. The zero-order valence-electron chi connectivity index (χ0n) is 21.3. The second kappa shape index (κ2) is 13.8. The summed E-state index contributed by atoms with van der Waals surface area (Å²) in [5.74, 6) is -0.471. The van der Waals surface area contributed by atoms with Gasteiger partial charge >= 0.3 is 0 Å². The predicted octanol–water partition coefficient (Wildman–Crippen LogP) is 4.58. The lowest BCUT2D eigenvalue weighted by atomic mass is 10.0. The zero-order valence-corrected chi connectivity index (χ0v) is 24.3. The van der Waals surface area contributed by atoms with Crippen LogP contribution >= 0.6 is 30.1 Å². The number of rotatable bonds is 11. The number of hydrogen-bond donors (Lipinski definition) is 2. The summed E-state index contributed by atoms with van der Waals surface area (Å²) in [4.78, 5) is 29.7. The van der Waals surface area contributed by atoms with Gasteiger partial charge in [-0.3, -0.25) is 9.59 Å². The normalized spacial score (nSPS) is 13.1. The third-order valence-corrected chi connectivity index (χ3v) is 6.17. The van der Waals surface area contributed by atoms with E-state index in [0.29, 0.717) is 11.3 Å². The van der Waals surface area contributed by atoms with E-state index in [1.807, 2.05) is 24.5 Å². The number of aliphatic imine (C=N–C) groups is 1. The molecule has 9 nitrogen and oxygen atoms in total. The largest absolute Gasteiger partial charge is 0.452 e. The first-order valence-electron chi connectivity index (χ1n) is 11.6. The Morgan fingerprint density at radius 2 is 1.98 bits per heavy atom. The van der Waals surface area contributed by atoms with Crippen LogP contribution < -0.4 is 10.3 Å². The molecule has 3 aromatic rings. The number of nitrogens with one attached hydrogen (secondary N) is 1. The van der Waals surface area contributed by atoms with E-state index in [0.717, 1.165) is 0 Å². The third-order valence-electron chi connectivity index (χ3n) is 5.40. The first-order chi connectivity index (χ1) is 19.3. The SMILES string of the molecule is CN(C=N/C(=C(\C=O)Oc1cc(Cl)cc(C#N)c1)C(F)(P)P)Cc1cc(-c2ccc(C(O)C(F)F)cc2)n[nH]c1=O. The van der Waals surface area contributed by atoms with Crippen LogP contribution in [0.2, 0.25) is 5.02 Å². The van der Waals surface area contributed by atoms with Gasteiger partial charge < -0.3 is 14.7 Å². The summed E-state index contributed by atoms with van der Waals surface area (Å²) in [6.45, 7) is -0.0199. The number of hydrogen-bond acceptors (Lipinski definition) is 7. The van der Waals surface area contributed by atoms with E-state index in [1.165, 1.54) is 59.8 Å². The van der Waals surface area contributed by atoms with Crippen molar-refractivity contribution in [3.63, 3.8) is 0 Å². The van der Waals surface area contributed by atoms with Gasteiger partial charge in [0.05, 0.1) is 23.7 Å². The number of nitrogens with zero attached hydrogens (tertiary/aromatic N) is 4. The van der Waals surface area contributed by atoms with Gasteiger partial charge in [-0.25, -0.2) is 23.3 Å². The molecule has 2 aromatic carbocycles. The Morgan fingerprint density at radius 1 is 1.29 bits per heavy atom. The van der Waals surface area contributed by atoms with Crippen LogP contribution in [0.25, 0.3) is 11.3 Å². The summed E-state index contributed by atoms with van der Waals surface area (Å²) in [5, 5.41) is 22.9. The molecule has 15 heteroatoms. The van der Waals surface area contributed by atoms with E-state index < -0.39 is 34.7 Å². The van der Waals surface area contributed by atoms with Crippen LogP contribution in [0.4, 0.5) is 13.2 Å². The lowest BCUT2D eigenvalue weighted by Gasteiger charge is -2.19. The quantitative estimate of drug-likeness (QED) is 0.0798. The number of aliphatic hydroxyl groups is 1. The van der Waals surface area contributed by atoms with Crippen molar-refractivity contribution in [1.29, 1.82) is 5.26 Å². The smallest absolute Gasteiger partial charge is 0.269 e. The van der Waals surface area contributed by atoms with Gasteiger partial charge in [-0.15, -0.1) is 0 Å². The highest BCUT2D eigenvalue weighted by Crippen LogP contribution is 2.39. The predicted molar refractivity (Wildman–Crippen MR) is 154 cm³/mol. The summed E-state index contributed by atoms with van der Waals surface area (Å²) in [5.41, 5.74) is 0.311. The summed E-state index contributed by atoms with van der Waals surface area (Å²) in [7, 11) is 5.30. The summed E-state index contributed by atoms with van der Waals surface area (Å²) >= 11 is 5.97. The van der Waals surface area contributed by atoms with E-state index in [4.69, 9.17) is 21.6 Å². The first-order valence-corrected chi connectivity index (χ1v) is 13.1. The number of aldehydes is 1. The monoisotopic (exact) mass is 623 g/mol. The van der Waals surface area contributed by atoms with Crippen LogP contribution in [0.5, 0.6) is 5.75 Å². The number of aromatic nitrogens is 2. The van der Waals surface area contributed by atoms with Crippen molar-refractivity contribution < 1.29 is 27.8 Å². The maximum atomic E-state index is 15.0. The molecule has 3 atom stereocenters. The fourth-order valence-corrected chi connectivity index (χ4v) is 4.12. The molecule has 0 aliphatic carbocycles. The van der Waals surface area contributed by atoms with Gasteiger partial charge in [0.25, 0.3) is 12.0 Å². The summed E-state index contributed by atoms with van der Waals surface area (Å²) < 4.78 is 46.0. The molecule has 0 fully saturated rings. The van der Waals surface area contributed by atoms with Gasteiger partial charge in [0.1, 0.15) is 17.6 Å². The number of carbonyl (C=O) groups is 1. The van der Waals surface area contributed by atoms with Gasteiger partial charge in [-0.2, -0.15) is 10.4 Å². The molecule has 0 amide bonds. The second-order valence-corrected chi connectivity index (χ2v) is 11.4. The number of aromatic amines is 1. The Labute approximate surface area is 242 Å². The number of allylic oxidation sites excluding steroid dienone is 2. The highest BCUT2D eigenvalue weighted by Gasteiger charge is 2.28. The zero-order chi connectivity index (χ0) is 30.3. The summed E-state index contributed by atoms with van der Waals surface area (Å²) in [6.07, 6.45) is -3.42.